The second-order valence-corrected chi connectivity index (χ2v) is 6.81. The average molecular weight is 245 g/mol. The van der Waals surface area contributed by atoms with Gasteiger partial charge in [-0.2, -0.15) is 0 Å². The molecule has 4 nitrogen and oxygen atoms in total. The first-order chi connectivity index (χ1) is 6.88. The van der Waals surface area contributed by atoms with Gasteiger partial charge in [0.25, 0.3) is 0 Å². The number of sulfonamides is 1. The van der Waals surface area contributed by atoms with Gasteiger partial charge in [0.15, 0.2) is 5.78 Å². The van der Waals surface area contributed by atoms with E-state index in [1.54, 1.807) is 0 Å². The number of thiophene rings is 1. The van der Waals surface area contributed by atoms with Crippen LogP contribution in [0.1, 0.15) is 28.6 Å². The van der Waals surface area contributed by atoms with Crippen LogP contribution < -0.4 is 5.14 Å². The molecule has 2 N–H and O–H groups in total. The maximum atomic E-state index is 11.6. The fourth-order valence-corrected chi connectivity index (χ4v) is 3.87. The van der Waals surface area contributed by atoms with Crippen LogP contribution in [0.5, 0.6) is 0 Å². The zero-order chi connectivity index (χ0) is 11.2. The van der Waals surface area contributed by atoms with Crippen LogP contribution in [0.25, 0.3) is 0 Å². The third kappa shape index (κ3) is 1.97. The zero-order valence-corrected chi connectivity index (χ0v) is 9.82. The molecule has 0 aromatic carbocycles. The predicted octanol–water partition coefficient (Wildman–Crippen LogP) is 1.16. The van der Waals surface area contributed by atoms with Crippen LogP contribution in [0.3, 0.4) is 0 Å². The zero-order valence-electron chi connectivity index (χ0n) is 8.19. The van der Waals surface area contributed by atoms with Crippen molar-refractivity contribution in [2.75, 3.05) is 0 Å². The van der Waals surface area contributed by atoms with Crippen LogP contribution in [0.15, 0.2) is 10.3 Å². The summed E-state index contributed by atoms with van der Waals surface area (Å²) in [4.78, 5) is 12.5. The molecule has 1 aliphatic rings. The quantitative estimate of drug-likeness (QED) is 0.806. The number of Topliss-reactive ketones (excluding diaryl/α,β-unsaturated/α-hetero) is 1. The highest BCUT2D eigenvalue weighted by Crippen LogP contribution is 2.33. The molecular weight excluding hydrogens is 234 g/mol. The summed E-state index contributed by atoms with van der Waals surface area (Å²) in [6.07, 6.45) is 1.26. The summed E-state index contributed by atoms with van der Waals surface area (Å²) in [7, 11) is -3.67. The molecule has 1 aromatic heterocycles. The number of rotatable bonds is 1. The maximum absolute atomic E-state index is 11.6. The van der Waals surface area contributed by atoms with Crippen LogP contribution in [0.2, 0.25) is 0 Å². The smallest absolute Gasteiger partial charge is 0.247 e. The van der Waals surface area contributed by atoms with Gasteiger partial charge < -0.3 is 0 Å². The van der Waals surface area contributed by atoms with E-state index in [0.717, 1.165) is 22.6 Å². The molecule has 0 spiro atoms. The molecule has 2 rings (SSSR count). The van der Waals surface area contributed by atoms with Crippen molar-refractivity contribution in [1.82, 2.24) is 0 Å². The molecule has 82 valence electrons. The summed E-state index contributed by atoms with van der Waals surface area (Å²) in [5.74, 6) is 0.312. The Kier molecular flexibility index (Phi) is 2.44. The first-order valence-corrected chi connectivity index (χ1v) is 6.93. The van der Waals surface area contributed by atoms with Crippen LogP contribution in [-0.4, -0.2) is 14.2 Å². The van der Waals surface area contributed by atoms with Gasteiger partial charge in [-0.3, -0.25) is 4.79 Å². The number of primary sulfonamides is 1. The number of carbonyl (C=O) groups excluding carboxylic acids is 1. The van der Waals surface area contributed by atoms with E-state index in [-0.39, 0.29) is 15.9 Å². The van der Waals surface area contributed by atoms with E-state index in [1.807, 2.05) is 6.92 Å². The van der Waals surface area contributed by atoms with Crippen molar-refractivity contribution >= 4 is 27.1 Å². The standard InChI is InChI=1S/C9H11NO3S2/c1-5-2-7(11)6-4-9(15(10,12)13)14-8(6)3-5/h4-5H,2-3H2,1H3,(H2,10,12,13). The lowest BCUT2D eigenvalue weighted by Gasteiger charge is -2.15. The number of ketones is 1. The van der Waals surface area contributed by atoms with Crippen molar-refractivity contribution in [3.05, 3.63) is 16.5 Å². The number of fused-ring (bicyclic) bond motifs is 1. The SMILES string of the molecule is CC1CC(=O)c2cc(S(N)(=O)=O)sc2C1. The molecule has 0 saturated carbocycles. The molecule has 1 aliphatic carbocycles. The first kappa shape index (κ1) is 10.8. The minimum Gasteiger partial charge on any atom is -0.294 e. The molecule has 0 amide bonds. The summed E-state index contributed by atoms with van der Waals surface area (Å²) >= 11 is 1.12. The van der Waals surface area contributed by atoms with Gasteiger partial charge in [0.2, 0.25) is 10.0 Å². The highest BCUT2D eigenvalue weighted by Gasteiger charge is 2.27. The van der Waals surface area contributed by atoms with Crippen molar-refractivity contribution in [1.29, 1.82) is 0 Å². The number of hydrogen-bond donors (Lipinski definition) is 1. The summed E-state index contributed by atoms with van der Waals surface area (Å²) in [6, 6.07) is 1.41. The van der Waals surface area contributed by atoms with Crippen LogP contribution in [-0.2, 0) is 16.4 Å². The third-order valence-corrected chi connectivity index (χ3v) is 5.01. The van der Waals surface area contributed by atoms with E-state index in [0.29, 0.717) is 12.0 Å². The van der Waals surface area contributed by atoms with E-state index < -0.39 is 10.0 Å². The highest BCUT2D eigenvalue weighted by atomic mass is 32.2. The Morgan fingerprint density at radius 1 is 1.47 bits per heavy atom. The summed E-state index contributed by atoms with van der Waals surface area (Å²) < 4.78 is 22.3. The Balaban J connectivity index is 2.53. The largest absolute Gasteiger partial charge is 0.294 e. The van der Waals surface area contributed by atoms with Crippen molar-refractivity contribution in [3.63, 3.8) is 0 Å². The summed E-state index contributed by atoms with van der Waals surface area (Å²) in [6.45, 7) is 1.98. The van der Waals surface area contributed by atoms with Gasteiger partial charge in [-0.05, 0) is 18.4 Å². The molecular formula is C9H11NO3S2. The molecule has 0 fully saturated rings. The van der Waals surface area contributed by atoms with Gasteiger partial charge in [0.1, 0.15) is 4.21 Å². The van der Waals surface area contributed by atoms with E-state index >= 15 is 0 Å². The average Bonchev–Trinajstić information content (AvgIpc) is 2.46. The Morgan fingerprint density at radius 3 is 2.73 bits per heavy atom. The van der Waals surface area contributed by atoms with Gasteiger partial charge in [-0.15, -0.1) is 11.3 Å². The minimum atomic E-state index is -3.67. The van der Waals surface area contributed by atoms with Crippen LogP contribution >= 0.6 is 11.3 Å². The Labute approximate surface area is 92.2 Å². The van der Waals surface area contributed by atoms with Crippen molar-refractivity contribution in [3.8, 4) is 0 Å². The fraction of sp³-hybridized carbons (Fsp3) is 0.444. The Hall–Kier alpha value is -0.720. The molecule has 1 atom stereocenters. The first-order valence-electron chi connectivity index (χ1n) is 4.56. The molecule has 15 heavy (non-hydrogen) atoms. The summed E-state index contributed by atoms with van der Waals surface area (Å²) in [5, 5.41) is 5.02. The summed E-state index contributed by atoms with van der Waals surface area (Å²) in [5.41, 5.74) is 0.544. The van der Waals surface area contributed by atoms with E-state index in [1.165, 1.54) is 6.07 Å². The van der Waals surface area contributed by atoms with Crippen molar-refractivity contribution in [2.24, 2.45) is 11.1 Å². The van der Waals surface area contributed by atoms with Gasteiger partial charge in [-0.1, -0.05) is 6.92 Å². The molecule has 0 aliphatic heterocycles. The van der Waals surface area contributed by atoms with E-state index in [2.05, 4.69) is 0 Å². The molecule has 1 unspecified atom stereocenters. The molecule has 0 radical (unpaired) electrons. The lowest BCUT2D eigenvalue weighted by atomic mass is 9.90. The van der Waals surface area contributed by atoms with Gasteiger partial charge in [0.05, 0.1) is 0 Å². The van der Waals surface area contributed by atoms with E-state index in [9.17, 15) is 13.2 Å². The second-order valence-electron chi connectivity index (χ2n) is 3.88. The van der Waals surface area contributed by atoms with Gasteiger partial charge >= 0.3 is 0 Å². The highest BCUT2D eigenvalue weighted by molar-refractivity contribution is 7.91. The maximum Gasteiger partial charge on any atom is 0.247 e. The van der Waals surface area contributed by atoms with Crippen LogP contribution in [0.4, 0.5) is 0 Å². The third-order valence-electron chi connectivity index (χ3n) is 2.43. The molecule has 1 heterocycles. The number of carbonyl (C=O) groups is 1. The predicted molar refractivity (Wildman–Crippen MR) is 57.5 cm³/mol. The van der Waals surface area contributed by atoms with E-state index in [4.69, 9.17) is 5.14 Å². The molecule has 0 bridgehead atoms. The second kappa shape index (κ2) is 3.40. The number of nitrogens with two attached hydrogens (primary N) is 1. The Morgan fingerprint density at radius 2 is 2.13 bits per heavy atom. The van der Waals surface area contributed by atoms with Crippen molar-refractivity contribution < 1.29 is 13.2 Å². The Bertz CT molecular complexity index is 515. The normalized spacial score (nSPS) is 21.5. The molecule has 6 heteroatoms. The lowest BCUT2D eigenvalue weighted by Crippen LogP contribution is -2.15. The lowest BCUT2D eigenvalue weighted by molar-refractivity contribution is 0.0954. The monoisotopic (exact) mass is 245 g/mol. The topological polar surface area (TPSA) is 77.2 Å². The number of hydrogen-bond acceptors (Lipinski definition) is 4. The van der Waals surface area contributed by atoms with Crippen LogP contribution in [0, 0.1) is 5.92 Å². The molecule has 1 aromatic rings. The minimum absolute atomic E-state index is 0.0231. The van der Waals surface area contributed by atoms with Gasteiger partial charge in [-0.25, -0.2) is 13.6 Å². The van der Waals surface area contributed by atoms with Gasteiger partial charge in [0, 0.05) is 16.9 Å². The molecule has 0 saturated heterocycles. The van der Waals surface area contributed by atoms with Crippen molar-refractivity contribution in [2.45, 2.75) is 24.0 Å². The fourth-order valence-electron chi connectivity index (χ4n) is 1.75.